The Kier molecular flexibility index (Phi) is 4.02. The highest BCUT2D eigenvalue weighted by Gasteiger charge is 2.45. The quantitative estimate of drug-likeness (QED) is 0.541. The van der Waals surface area contributed by atoms with Crippen LogP contribution in [-0.4, -0.2) is 45.5 Å². The number of rotatable bonds is 6. The molecule has 8 nitrogen and oxygen atoms in total. The van der Waals surface area contributed by atoms with Crippen molar-refractivity contribution < 1.29 is 29.1 Å². The van der Waals surface area contributed by atoms with Gasteiger partial charge in [0.25, 0.3) is 11.8 Å². The number of carboxylic acid groups (broad SMARTS) is 1. The molecular weight excluding hydrogens is 292 g/mol. The molecule has 0 saturated heterocycles. The van der Waals surface area contributed by atoms with Crippen molar-refractivity contribution in [3.8, 4) is 0 Å². The first-order valence-electron chi connectivity index (χ1n) is 6.35. The predicted molar refractivity (Wildman–Crippen MR) is 71.8 cm³/mol. The molecule has 1 unspecified atom stereocenters. The number of imide groups is 1. The van der Waals surface area contributed by atoms with Crippen molar-refractivity contribution >= 4 is 29.5 Å². The first-order chi connectivity index (χ1) is 10.3. The third-order valence-corrected chi connectivity index (χ3v) is 3.24. The smallest absolute Gasteiger partial charge is 0.334 e. The van der Waals surface area contributed by atoms with Crippen LogP contribution in [0.15, 0.2) is 24.3 Å². The average molecular weight is 304 g/mol. The van der Waals surface area contributed by atoms with E-state index in [1.807, 2.05) is 0 Å². The van der Waals surface area contributed by atoms with Crippen molar-refractivity contribution in [2.24, 2.45) is 5.73 Å². The van der Waals surface area contributed by atoms with Gasteiger partial charge < -0.3 is 10.8 Å². The molecule has 8 heteroatoms. The van der Waals surface area contributed by atoms with E-state index in [0.717, 1.165) is 0 Å². The molecule has 0 bridgehead atoms. The number of ketones is 1. The van der Waals surface area contributed by atoms with Crippen LogP contribution in [-0.2, 0) is 14.4 Å². The highest BCUT2D eigenvalue weighted by atomic mass is 16.4. The standard InChI is InChI=1S/C14H12N2O6/c15-10(18)6-5-9(17)11(14(21)22)16-12(19)7-3-1-2-4-8(7)13(16)20/h1-4,11H,5-6H2,(H2,15,18)(H,21,22). The fourth-order valence-electron chi connectivity index (χ4n) is 2.22. The zero-order chi connectivity index (χ0) is 16.4. The second-order valence-corrected chi connectivity index (χ2v) is 4.70. The maximum atomic E-state index is 12.2. The van der Waals surface area contributed by atoms with Gasteiger partial charge in [0.15, 0.2) is 11.8 Å². The van der Waals surface area contributed by atoms with Crippen molar-refractivity contribution in [2.75, 3.05) is 0 Å². The van der Waals surface area contributed by atoms with Crippen LogP contribution in [0, 0.1) is 0 Å². The monoisotopic (exact) mass is 304 g/mol. The molecule has 0 aromatic heterocycles. The molecule has 114 valence electrons. The Morgan fingerprint density at radius 1 is 1.05 bits per heavy atom. The highest BCUT2D eigenvalue weighted by molar-refractivity contribution is 6.25. The van der Waals surface area contributed by atoms with E-state index < -0.39 is 41.9 Å². The van der Waals surface area contributed by atoms with Crippen molar-refractivity contribution in [3.63, 3.8) is 0 Å². The second-order valence-electron chi connectivity index (χ2n) is 4.70. The van der Waals surface area contributed by atoms with Crippen LogP contribution in [0.4, 0.5) is 0 Å². The Balaban J connectivity index is 2.33. The number of Topliss-reactive ketones (excluding diaryl/α,β-unsaturated/α-hetero) is 1. The molecule has 1 heterocycles. The lowest BCUT2D eigenvalue weighted by atomic mass is 10.1. The summed E-state index contributed by atoms with van der Waals surface area (Å²) < 4.78 is 0. The van der Waals surface area contributed by atoms with Gasteiger partial charge in [0, 0.05) is 12.8 Å². The first-order valence-corrected chi connectivity index (χ1v) is 6.35. The average Bonchev–Trinajstić information content (AvgIpc) is 2.71. The Labute approximate surface area is 124 Å². The SMILES string of the molecule is NC(=O)CCC(=O)C(C(=O)O)N1C(=O)c2ccccc2C1=O. The van der Waals surface area contributed by atoms with Gasteiger partial charge in [-0.05, 0) is 12.1 Å². The summed E-state index contributed by atoms with van der Waals surface area (Å²) in [7, 11) is 0. The summed E-state index contributed by atoms with van der Waals surface area (Å²) in [4.78, 5) is 58.8. The third kappa shape index (κ3) is 2.58. The molecule has 0 spiro atoms. The Bertz CT molecular complexity index is 661. The summed E-state index contributed by atoms with van der Waals surface area (Å²) in [6.07, 6.45) is -0.814. The normalized spacial score (nSPS) is 14.6. The zero-order valence-electron chi connectivity index (χ0n) is 11.3. The number of hydrogen-bond donors (Lipinski definition) is 2. The van der Waals surface area contributed by atoms with Gasteiger partial charge in [-0.25, -0.2) is 4.79 Å². The Morgan fingerprint density at radius 2 is 1.55 bits per heavy atom. The van der Waals surface area contributed by atoms with Crippen molar-refractivity contribution in [3.05, 3.63) is 35.4 Å². The predicted octanol–water partition coefficient (Wildman–Crippen LogP) is -0.430. The van der Waals surface area contributed by atoms with E-state index in [0.29, 0.717) is 4.90 Å². The van der Waals surface area contributed by atoms with Gasteiger partial charge >= 0.3 is 5.97 Å². The molecule has 0 radical (unpaired) electrons. The lowest BCUT2D eigenvalue weighted by Gasteiger charge is -2.21. The van der Waals surface area contributed by atoms with Gasteiger partial charge in [-0.15, -0.1) is 0 Å². The van der Waals surface area contributed by atoms with E-state index in [4.69, 9.17) is 5.73 Å². The largest absolute Gasteiger partial charge is 0.479 e. The second kappa shape index (κ2) is 5.76. The first kappa shape index (κ1) is 15.4. The van der Waals surface area contributed by atoms with Crippen molar-refractivity contribution in [1.82, 2.24) is 4.90 Å². The Morgan fingerprint density at radius 3 is 1.95 bits per heavy atom. The fraction of sp³-hybridized carbons (Fsp3) is 0.214. The van der Waals surface area contributed by atoms with Crippen LogP contribution < -0.4 is 5.73 Å². The number of nitrogens with zero attached hydrogens (tertiary/aromatic N) is 1. The van der Waals surface area contributed by atoms with Crippen LogP contribution >= 0.6 is 0 Å². The molecule has 3 N–H and O–H groups in total. The molecule has 0 saturated carbocycles. The number of aliphatic carboxylic acids is 1. The zero-order valence-corrected chi connectivity index (χ0v) is 11.3. The molecule has 2 rings (SSSR count). The topological polar surface area (TPSA) is 135 Å². The molecule has 1 aromatic rings. The number of carbonyl (C=O) groups excluding carboxylic acids is 4. The number of primary amides is 1. The number of amides is 3. The summed E-state index contributed by atoms with van der Waals surface area (Å²) >= 11 is 0. The summed E-state index contributed by atoms with van der Waals surface area (Å²) in [5.74, 6) is -5.04. The fourth-order valence-corrected chi connectivity index (χ4v) is 2.22. The number of benzene rings is 1. The molecule has 0 aliphatic carbocycles. The Hall–Kier alpha value is -3.03. The summed E-state index contributed by atoms with van der Waals surface area (Å²) in [5.41, 5.74) is 4.99. The molecule has 1 aliphatic rings. The van der Waals surface area contributed by atoms with Crippen LogP contribution in [0.2, 0.25) is 0 Å². The van der Waals surface area contributed by atoms with Gasteiger partial charge in [-0.1, -0.05) is 12.1 Å². The molecule has 22 heavy (non-hydrogen) atoms. The molecule has 0 fully saturated rings. The van der Waals surface area contributed by atoms with E-state index in [1.165, 1.54) is 24.3 Å². The summed E-state index contributed by atoms with van der Waals surface area (Å²) in [6.45, 7) is 0. The maximum absolute atomic E-state index is 12.2. The number of carboxylic acids is 1. The van der Waals surface area contributed by atoms with Gasteiger partial charge in [-0.3, -0.25) is 24.1 Å². The number of fused-ring (bicyclic) bond motifs is 1. The third-order valence-electron chi connectivity index (χ3n) is 3.24. The van der Waals surface area contributed by atoms with Gasteiger partial charge in [-0.2, -0.15) is 0 Å². The summed E-state index contributed by atoms with van der Waals surface area (Å²) in [6, 6.07) is 3.84. The molecule has 1 atom stereocenters. The summed E-state index contributed by atoms with van der Waals surface area (Å²) in [5, 5.41) is 9.20. The van der Waals surface area contributed by atoms with Crippen molar-refractivity contribution in [2.45, 2.75) is 18.9 Å². The minimum absolute atomic E-state index is 0.0430. The van der Waals surface area contributed by atoms with Gasteiger partial charge in [0.2, 0.25) is 5.91 Å². The number of nitrogens with two attached hydrogens (primary N) is 1. The van der Waals surface area contributed by atoms with Gasteiger partial charge in [0.1, 0.15) is 0 Å². The molecule has 1 aliphatic heterocycles. The van der Waals surface area contributed by atoms with E-state index in [9.17, 15) is 29.1 Å². The maximum Gasteiger partial charge on any atom is 0.334 e. The van der Waals surface area contributed by atoms with Crippen molar-refractivity contribution in [1.29, 1.82) is 0 Å². The van der Waals surface area contributed by atoms with Crippen LogP contribution in [0.5, 0.6) is 0 Å². The van der Waals surface area contributed by atoms with Crippen LogP contribution in [0.1, 0.15) is 33.6 Å². The minimum Gasteiger partial charge on any atom is -0.479 e. The lowest BCUT2D eigenvalue weighted by Crippen LogP contribution is -2.49. The number of hydrogen-bond acceptors (Lipinski definition) is 5. The van der Waals surface area contributed by atoms with E-state index in [2.05, 4.69) is 0 Å². The highest BCUT2D eigenvalue weighted by Crippen LogP contribution is 2.25. The van der Waals surface area contributed by atoms with Crippen LogP contribution in [0.25, 0.3) is 0 Å². The van der Waals surface area contributed by atoms with E-state index in [-0.39, 0.29) is 17.5 Å². The lowest BCUT2D eigenvalue weighted by molar-refractivity contribution is -0.146. The van der Waals surface area contributed by atoms with Gasteiger partial charge in [0.05, 0.1) is 11.1 Å². The molecule has 3 amide bonds. The van der Waals surface area contributed by atoms with Crippen LogP contribution in [0.3, 0.4) is 0 Å². The molecule has 1 aromatic carbocycles. The number of carbonyl (C=O) groups is 5. The molecular formula is C14H12N2O6. The minimum atomic E-state index is -1.97. The van der Waals surface area contributed by atoms with E-state index >= 15 is 0 Å². The van der Waals surface area contributed by atoms with E-state index in [1.54, 1.807) is 0 Å².